The Morgan fingerprint density at radius 3 is 2.48 bits per heavy atom. The van der Waals surface area contributed by atoms with Gasteiger partial charge in [-0.25, -0.2) is 0 Å². The van der Waals surface area contributed by atoms with E-state index in [1.807, 2.05) is 0 Å². The molecule has 2 aromatic rings. The summed E-state index contributed by atoms with van der Waals surface area (Å²) in [6.45, 7) is -0.173. The number of phenolic OH excluding ortho intramolecular Hbond substituents is 1. The molecule has 3 rings (SSSR count). The molecule has 23 heavy (non-hydrogen) atoms. The summed E-state index contributed by atoms with van der Waals surface area (Å²) in [6.07, 6.45) is 0. The van der Waals surface area contributed by atoms with E-state index in [9.17, 15) is 15.0 Å². The summed E-state index contributed by atoms with van der Waals surface area (Å²) in [7, 11) is 2.94. The lowest BCUT2D eigenvalue weighted by Gasteiger charge is -2.14. The zero-order valence-electron chi connectivity index (χ0n) is 12.8. The molecule has 0 amide bonds. The highest BCUT2D eigenvalue weighted by Gasteiger charge is 2.31. The first-order valence-electron chi connectivity index (χ1n) is 6.98. The molecule has 1 heterocycles. The quantitative estimate of drug-likeness (QED) is 0.901. The standard InChI is InChI=1S/C17H16O6/c1-21-12-3-4-13(22-2)17-15(12)16(20)14-10(8-23-17)5-9(7-18)6-11(14)19/h3-6,18-19H,7-8H2,1-2H3. The number of carbonyl (C=O) groups is 1. The van der Waals surface area contributed by atoms with Crippen LogP contribution in [0.5, 0.6) is 23.0 Å². The molecule has 0 saturated carbocycles. The number of phenols is 1. The number of benzene rings is 2. The molecule has 0 unspecified atom stereocenters. The fraction of sp³-hybridized carbons (Fsp3) is 0.235. The van der Waals surface area contributed by atoms with Crippen LogP contribution in [0.2, 0.25) is 0 Å². The molecule has 0 aliphatic carbocycles. The molecule has 1 aliphatic heterocycles. The molecule has 6 nitrogen and oxygen atoms in total. The summed E-state index contributed by atoms with van der Waals surface area (Å²) in [4.78, 5) is 13.0. The number of ether oxygens (including phenoxy) is 3. The Labute approximate surface area is 132 Å². The Bertz CT molecular complexity index is 781. The summed E-state index contributed by atoms with van der Waals surface area (Å²) in [5.41, 5.74) is 1.35. The van der Waals surface area contributed by atoms with E-state index in [4.69, 9.17) is 14.2 Å². The summed E-state index contributed by atoms with van der Waals surface area (Å²) in [5, 5.41) is 19.5. The van der Waals surface area contributed by atoms with Gasteiger partial charge in [0, 0.05) is 5.56 Å². The third-order valence-electron chi connectivity index (χ3n) is 3.79. The van der Waals surface area contributed by atoms with Crippen LogP contribution < -0.4 is 14.2 Å². The van der Waals surface area contributed by atoms with Gasteiger partial charge in [0.25, 0.3) is 0 Å². The van der Waals surface area contributed by atoms with Gasteiger partial charge < -0.3 is 24.4 Å². The first-order valence-corrected chi connectivity index (χ1v) is 6.98. The molecule has 0 spiro atoms. The Balaban J connectivity index is 2.26. The van der Waals surface area contributed by atoms with Crippen molar-refractivity contribution in [1.82, 2.24) is 0 Å². The Morgan fingerprint density at radius 1 is 1.13 bits per heavy atom. The molecule has 0 bridgehead atoms. The molecule has 1 aliphatic rings. The largest absolute Gasteiger partial charge is 0.507 e. The van der Waals surface area contributed by atoms with Crippen LogP contribution in [0.1, 0.15) is 27.0 Å². The Morgan fingerprint density at radius 2 is 1.83 bits per heavy atom. The minimum Gasteiger partial charge on any atom is -0.507 e. The highest BCUT2D eigenvalue weighted by molar-refractivity contribution is 6.15. The van der Waals surface area contributed by atoms with Crippen LogP contribution in [0, 0.1) is 0 Å². The number of carbonyl (C=O) groups excluding carboxylic acids is 1. The lowest BCUT2D eigenvalue weighted by Crippen LogP contribution is -2.06. The second kappa shape index (κ2) is 5.81. The number of aliphatic hydroxyl groups excluding tert-OH is 1. The fourth-order valence-corrected chi connectivity index (χ4v) is 2.73. The topological polar surface area (TPSA) is 85.2 Å². The van der Waals surface area contributed by atoms with Gasteiger partial charge in [-0.15, -0.1) is 0 Å². The maximum absolute atomic E-state index is 13.0. The minimum absolute atomic E-state index is 0.0685. The lowest BCUT2D eigenvalue weighted by atomic mass is 9.95. The summed E-state index contributed by atoms with van der Waals surface area (Å²) in [5.74, 6) is 0.411. The predicted molar refractivity (Wildman–Crippen MR) is 81.3 cm³/mol. The molecule has 2 N–H and O–H groups in total. The molecule has 0 radical (unpaired) electrons. The second-order valence-electron chi connectivity index (χ2n) is 5.10. The smallest absolute Gasteiger partial charge is 0.204 e. The van der Waals surface area contributed by atoms with E-state index in [0.29, 0.717) is 22.6 Å². The third kappa shape index (κ3) is 2.37. The number of fused-ring (bicyclic) bond motifs is 2. The average Bonchev–Trinajstić information content (AvgIpc) is 2.71. The van der Waals surface area contributed by atoms with Crippen molar-refractivity contribution in [3.05, 3.63) is 46.5 Å². The molecule has 0 aromatic heterocycles. The average molecular weight is 316 g/mol. The lowest BCUT2D eigenvalue weighted by molar-refractivity contribution is 0.103. The first kappa shape index (κ1) is 15.2. The molecule has 6 heteroatoms. The van der Waals surface area contributed by atoms with Crippen LogP contribution in [0.25, 0.3) is 0 Å². The van der Waals surface area contributed by atoms with Gasteiger partial charge in [0.05, 0.1) is 26.4 Å². The maximum Gasteiger partial charge on any atom is 0.204 e. The van der Waals surface area contributed by atoms with Crippen LogP contribution in [-0.4, -0.2) is 30.2 Å². The van der Waals surface area contributed by atoms with E-state index in [1.165, 1.54) is 20.3 Å². The van der Waals surface area contributed by atoms with E-state index in [-0.39, 0.29) is 35.8 Å². The third-order valence-corrected chi connectivity index (χ3v) is 3.79. The van der Waals surface area contributed by atoms with Gasteiger partial charge >= 0.3 is 0 Å². The number of hydrogen-bond acceptors (Lipinski definition) is 6. The number of hydrogen-bond donors (Lipinski definition) is 2. The molecular weight excluding hydrogens is 300 g/mol. The molecule has 120 valence electrons. The van der Waals surface area contributed by atoms with Crippen LogP contribution in [-0.2, 0) is 13.2 Å². The zero-order chi connectivity index (χ0) is 16.6. The Hall–Kier alpha value is -2.73. The van der Waals surface area contributed by atoms with Crippen LogP contribution in [0.15, 0.2) is 24.3 Å². The van der Waals surface area contributed by atoms with Crippen LogP contribution in [0.4, 0.5) is 0 Å². The van der Waals surface area contributed by atoms with Crippen LogP contribution in [0.3, 0.4) is 0 Å². The molecule has 0 fully saturated rings. The van der Waals surface area contributed by atoms with E-state index >= 15 is 0 Å². The van der Waals surface area contributed by atoms with Gasteiger partial charge in [0.2, 0.25) is 5.78 Å². The first-order chi connectivity index (χ1) is 11.1. The maximum atomic E-state index is 13.0. The number of aromatic hydroxyl groups is 1. The normalized spacial score (nSPS) is 12.7. The van der Waals surface area contributed by atoms with Gasteiger partial charge in [-0.3, -0.25) is 4.79 Å². The summed E-state index contributed by atoms with van der Waals surface area (Å²) in [6, 6.07) is 6.27. The van der Waals surface area contributed by atoms with Crippen molar-refractivity contribution in [2.75, 3.05) is 14.2 Å². The van der Waals surface area contributed by atoms with Crippen molar-refractivity contribution >= 4 is 5.78 Å². The summed E-state index contributed by atoms with van der Waals surface area (Å²) >= 11 is 0. The van der Waals surface area contributed by atoms with Crippen molar-refractivity contribution in [2.24, 2.45) is 0 Å². The van der Waals surface area contributed by atoms with E-state index < -0.39 is 5.78 Å². The SMILES string of the molecule is COc1ccc(OC)c2c1OCc1cc(CO)cc(O)c1C2=O. The molecule has 0 atom stereocenters. The van der Waals surface area contributed by atoms with Crippen molar-refractivity contribution in [1.29, 1.82) is 0 Å². The number of aliphatic hydroxyl groups is 1. The number of methoxy groups -OCH3 is 2. The van der Waals surface area contributed by atoms with Crippen molar-refractivity contribution < 1.29 is 29.2 Å². The molecule has 0 saturated heterocycles. The van der Waals surface area contributed by atoms with Gasteiger partial charge in [0.1, 0.15) is 23.7 Å². The van der Waals surface area contributed by atoms with Gasteiger partial charge in [-0.1, -0.05) is 0 Å². The zero-order valence-corrected chi connectivity index (χ0v) is 12.8. The second-order valence-corrected chi connectivity index (χ2v) is 5.10. The minimum atomic E-state index is -0.412. The molecule has 2 aromatic carbocycles. The van der Waals surface area contributed by atoms with Gasteiger partial charge in [-0.05, 0) is 29.8 Å². The number of ketones is 1. The number of rotatable bonds is 3. The van der Waals surface area contributed by atoms with Crippen LogP contribution >= 0.6 is 0 Å². The highest BCUT2D eigenvalue weighted by Crippen LogP contribution is 2.43. The predicted octanol–water partition coefficient (Wildman–Crippen LogP) is 2.03. The van der Waals surface area contributed by atoms with Crippen molar-refractivity contribution in [2.45, 2.75) is 13.2 Å². The van der Waals surface area contributed by atoms with E-state index in [0.717, 1.165) is 0 Å². The monoisotopic (exact) mass is 316 g/mol. The van der Waals surface area contributed by atoms with E-state index in [2.05, 4.69) is 0 Å². The molecular formula is C17H16O6. The highest BCUT2D eigenvalue weighted by atomic mass is 16.5. The van der Waals surface area contributed by atoms with Crippen molar-refractivity contribution in [3.8, 4) is 23.0 Å². The summed E-state index contributed by atoms with van der Waals surface area (Å²) < 4.78 is 16.3. The fourth-order valence-electron chi connectivity index (χ4n) is 2.73. The van der Waals surface area contributed by atoms with E-state index in [1.54, 1.807) is 18.2 Å². The van der Waals surface area contributed by atoms with Gasteiger partial charge in [0.15, 0.2) is 11.5 Å². The Kier molecular flexibility index (Phi) is 3.83. The van der Waals surface area contributed by atoms with Gasteiger partial charge in [-0.2, -0.15) is 0 Å². The van der Waals surface area contributed by atoms with Crippen molar-refractivity contribution in [3.63, 3.8) is 0 Å².